The lowest BCUT2D eigenvalue weighted by Crippen LogP contribution is -2.33. The summed E-state index contributed by atoms with van der Waals surface area (Å²) >= 11 is 0. The first kappa shape index (κ1) is 14.1. The summed E-state index contributed by atoms with van der Waals surface area (Å²) < 4.78 is 26.8. The summed E-state index contributed by atoms with van der Waals surface area (Å²) in [5.41, 5.74) is 6.43. The summed E-state index contributed by atoms with van der Waals surface area (Å²) in [5, 5.41) is 6.56. The van der Waals surface area contributed by atoms with Crippen LogP contribution >= 0.6 is 0 Å². The van der Waals surface area contributed by atoms with Gasteiger partial charge in [0, 0.05) is 6.04 Å². The molecule has 0 amide bonds. The van der Waals surface area contributed by atoms with Crippen LogP contribution in [0, 0.1) is 13.8 Å². The van der Waals surface area contributed by atoms with Gasteiger partial charge in [-0.2, -0.15) is 5.10 Å². The van der Waals surface area contributed by atoms with Crippen LogP contribution in [0.3, 0.4) is 0 Å². The maximum absolute atomic E-state index is 12.1. The molecule has 1 aromatic rings. The zero-order chi connectivity index (χ0) is 13.1. The minimum absolute atomic E-state index is 0.128. The van der Waals surface area contributed by atoms with Crippen molar-refractivity contribution in [3.63, 3.8) is 0 Å². The summed E-state index contributed by atoms with van der Waals surface area (Å²) in [5.74, 6) is 0. The molecule has 6 nitrogen and oxygen atoms in total. The molecule has 0 aliphatic rings. The number of nitrogens with zero attached hydrogens (tertiary/aromatic N) is 1. The molecule has 1 unspecified atom stereocenters. The predicted molar refractivity (Wildman–Crippen MR) is 66.1 cm³/mol. The van der Waals surface area contributed by atoms with Gasteiger partial charge >= 0.3 is 0 Å². The Morgan fingerprint density at radius 2 is 2.12 bits per heavy atom. The number of H-pyrrole nitrogens is 1. The van der Waals surface area contributed by atoms with Crippen LogP contribution in [0.2, 0.25) is 0 Å². The number of aryl methyl sites for hydroxylation is 2. The molecule has 0 saturated carbocycles. The number of rotatable bonds is 6. The second-order valence-electron chi connectivity index (χ2n) is 4.22. The van der Waals surface area contributed by atoms with Crippen LogP contribution in [0.4, 0.5) is 0 Å². The van der Waals surface area contributed by atoms with E-state index in [-0.39, 0.29) is 10.9 Å². The summed E-state index contributed by atoms with van der Waals surface area (Å²) in [6, 6.07) is -0.128. The molecule has 7 heteroatoms. The van der Waals surface area contributed by atoms with Crippen molar-refractivity contribution in [1.82, 2.24) is 14.9 Å². The molecule has 0 radical (unpaired) electrons. The average Bonchev–Trinajstić information content (AvgIpc) is 2.55. The van der Waals surface area contributed by atoms with E-state index in [2.05, 4.69) is 14.9 Å². The molecule has 1 heterocycles. The maximum Gasteiger partial charge on any atom is 0.244 e. The highest BCUT2D eigenvalue weighted by atomic mass is 32.2. The number of hydrogen-bond donors (Lipinski definition) is 3. The van der Waals surface area contributed by atoms with Crippen LogP contribution in [0.25, 0.3) is 0 Å². The second kappa shape index (κ2) is 5.61. The fourth-order valence-corrected chi connectivity index (χ4v) is 3.39. The van der Waals surface area contributed by atoms with Crippen LogP contribution in [-0.4, -0.2) is 31.2 Å². The highest BCUT2D eigenvalue weighted by Crippen LogP contribution is 2.17. The number of nitrogens with two attached hydrogens (primary N) is 1. The maximum atomic E-state index is 12.1. The van der Waals surface area contributed by atoms with Gasteiger partial charge in [-0.1, -0.05) is 0 Å². The Morgan fingerprint density at radius 3 is 2.59 bits per heavy atom. The van der Waals surface area contributed by atoms with Crippen molar-refractivity contribution >= 4 is 10.0 Å². The molecule has 0 aliphatic carbocycles. The zero-order valence-electron chi connectivity index (χ0n) is 10.4. The quantitative estimate of drug-likeness (QED) is 0.690. The first-order chi connectivity index (χ1) is 7.88. The standard InChI is InChI=1S/C10H20N4O2S/c1-7(5-4-6-11)14-17(15,16)10-8(2)12-13-9(10)3/h7,14H,4-6,11H2,1-3H3,(H,12,13). The van der Waals surface area contributed by atoms with E-state index in [0.717, 1.165) is 12.8 Å². The van der Waals surface area contributed by atoms with Gasteiger partial charge in [-0.15, -0.1) is 0 Å². The fourth-order valence-electron chi connectivity index (χ4n) is 1.74. The van der Waals surface area contributed by atoms with E-state index in [1.54, 1.807) is 13.8 Å². The van der Waals surface area contributed by atoms with E-state index in [1.165, 1.54) is 0 Å². The number of aromatic nitrogens is 2. The largest absolute Gasteiger partial charge is 0.330 e. The molecule has 0 aliphatic heterocycles. The first-order valence-electron chi connectivity index (χ1n) is 5.62. The Kier molecular flexibility index (Phi) is 4.67. The molecule has 1 aromatic heterocycles. The van der Waals surface area contributed by atoms with Crippen molar-refractivity contribution in [3.8, 4) is 0 Å². The summed E-state index contributed by atoms with van der Waals surface area (Å²) in [6.45, 7) is 5.76. The molecule has 1 atom stereocenters. The smallest absolute Gasteiger partial charge is 0.244 e. The van der Waals surface area contributed by atoms with Crippen molar-refractivity contribution in [1.29, 1.82) is 0 Å². The van der Waals surface area contributed by atoms with Crippen molar-refractivity contribution in [2.24, 2.45) is 5.73 Å². The van der Waals surface area contributed by atoms with Crippen molar-refractivity contribution in [3.05, 3.63) is 11.4 Å². The van der Waals surface area contributed by atoms with E-state index < -0.39 is 10.0 Å². The van der Waals surface area contributed by atoms with Gasteiger partial charge in [0.05, 0.1) is 11.4 Å². The second-order valence-corrected chi connectivity index (χ2v) is 5.87. The lowest BCUT2D eigenvalue weighted by Gasteiger charge is -2.13. The Bertz CT molecular complexity index is 447. The number of aromatic amines is 1. The molecule has 0 aromatic carbocycles. The van der Waals surface area contributed by atoms with E-state index in [0.29, 0.717) is 17.9 Å². The van der Waals surface area contributed by atoms with Crippen LogP contribution in [0.15, 0.2) is 4.90 Å². The Labute approximate surface area is 102 Å². The molecule has 4 N–H and O–H groups in total. The van der Waals surface area contributed by atoms with E-state index in [9.17, 15) is 8.42 Å². The lowest BCUT2D eigenvalue weighted by atomic mass is 10.2. The third kappa shape index (κ3) is 3.52. The van der Waals surface area contributed by atoms with Gasteiger partial charge in [0.15, 0.2) is 0 Å². The highest BCUT2D eigenvalue weighted by Gasteiger charge is 2.23. The fraction of sp³-hybridized carbons (Fsp3) is 0.700. The van der Waals surface area contributed by atoms with Crippen molar-refractivity contribution in [2.45, 2.75) is 44.6 Å². The Hall–Kier alpha value is -0.920. The Morgan fingerprint density at radius 1 is 1.47 bits per heavy atom. The SMILES string of the molecule is Cc1n[nH]c(C)c1S(=O)(=O)NC(C)CCCN. The molecule has 1 rings (SSSR count). The van der Waals surface area contributed by atoms with E-state index in [4.69, 9.17) is 5.73 Å². The third-order valence-corrected chi connectivity index (χ3v) is 4.38. The molecule has 0 spiro atoms. The minimum atomic E-state index is -3.49. The van der Waals surface area contributed by atoms with Gasteiger partial charge < -0.3 is 5.73 Å². The van der Waals surface area contributed by atoms with Gasteiger partial charge in [-0.25, -0.2) is 13.1 Å². The summed E-state index contributed by atoms with van der Waals surface area (Å²) in [4.78, 5) is 0.247. The topological polar surface area (TPSA) is 101 Å². The lowest BCUT2D eigenvalue weighted by molar-refractivity contribution is 0.538. The molecule has 0 bridgehead atoms. The normalized spacial score (nSPS) is 13.9. The molecular formula is C10H20N4O2S. The average molecular weight is 260 g/mol. The van der Waals surface area contributed by atoms with Crippen LogP contribution in [0.5, 0.6) is 0 Å². The molecule has 0 saturated heterocycles. The van der Waals surface area contributed by atoms with Gasteiger partial charge in [0.1, 0.15) is 4.90 Å². The van der Waals surface area contributed by atoms with E-state index >= 15 is 0 Å². The zero-order valence-corrected chi connectivity index (χ0v) is 11.3. The first-order valence-corrected chi connectivity index (χ1v) is 7.10. The molecule has 98 valence electrons. The van der Waals surface area contributed by atoms with Gasteiger partial charge in [-0.3, -0.25) is 5.10 Å². The summed E-state index contributed by atoms with van der Waals surface area (Å²) in [6.07, 6.45) is 1.53. The number of nitrogens with one attached hydrogen (secondary N) is 2. The minimum Gasteiger partial charge on any atom is -0.330 e. The van der Waals surface area contributed by atoms with E-state index in [1.807, 2.05) is 6.92 Å². The van der Waals surface area contributed by atoms with Crippen molar-refractivity contribution < 1.29 is 8.42 Å². The summed E-state index contributed by atoms with van der Waals surface area (Å²) in [7, 11) is -3.49. The molecular weight excluding hydrogens is 240 g/mol. The third-order valence-electron chi connectivity index (χ3n) is 2.53. The van der Waals surface area contributed by atoms with Crippen molar-refractivity contribution in [2.75, 3.05) is 6.54 Å². The number of hydrogen-bond acceptors (Lipinski definition) is 4. The molecule has 0 fully saturated rings. The number of sulfonamides is 1. The monoisotopic (exact) mass is 260 g/mol. The van der Waals surface area contributed by atoms with Gasteiger partial charge in [0.2, 0.25) is 10.0 Å². The highest BCUT2D eigenvalue weighted by molar-refractivity contribution is 7.89. The predicted octanol–water partition coefficient (Wildman–Crippen LogP) is 0.432. The van der Waals surface area contributed by atoms with Gasteiger partial charge in [-0.05, 0) is 40.2 Å². The van der Waals surface area contributed by atoms with Gasteiger partial charge in [0.25, 0.3) is 0 Å². The van der Waals surface area contributed by atoms with Crippen LogP contribution < -0.4 is 10.5 Å². The van der Waals surface area contributed by atoms with Crippen LogP contribution in [0.1, 0.15) is 31.2 Å². The van der Waals surface area contributed by atoms with Crippen LogP contribution in [-0.2, 0) is 10.0 Å². The Balaban J connectivity index is 2.83. The molecule has 17 heavy (non-hydrogen) atoms.